The van der Waals surface area contributed by atoms with Crippen molar-refractivity contribution in [2.24, 2.45) is 0 Å². The van der Waals surface area contributed by atoms with Crippen molar-refractivity contribution in [1.29, 1.82) is 0 Å². The summed E-state index contributed by atoms with van der Waals surface area (Å²) in [4.78, 5) is 2.40. The van der Waals surface area contributed by atoms with Gasteiger partial charge in [0.05, 0.1) is 12.7 Å². The smallest absolute Gasteiger partial charge is 0.0700 e. The average Bonchev–Trinajstić information content (AvgIpc) is 2.19. The fourth-order valence-corrected chi connectivity index (χ4v) is 1.61. The number of morpholine rings is 1. The van der Waals surface area contributed by atoms with Crippen molar-refractivity contribution < 1.29 is 4.74 Å². The van der Waals surface area contributed by atoms with Crippen LogP contribution in [0.5, 0.6) is 0 Å². The molecule has 76 valence electrons. The maximum Gasteiger partial charge on any atom is 0.0700 e. The van der Waals surface area contributed by atoms with Crippen LogP contribution in [0, 0.1) is 0 Å². The van der Waals surface area contributed by atoms with Crippen LogP contribution in [-0.4, -0.2) is 43.1 Å². The zero-order valence-corrected chi connectivity index (χ0v) is 8.96. The molecule has 0 spiro atoms. The molecule has 0 saturated carbocycles. The normalized spacial score (nSPS) is 25.5. The van der Waals surface area contributed by atoms with Gasteiger partial charge in [-0.15, -0.1) is 11.6 Å². The van der Waals surface area contributed by atoms with Gasteiger partial charge in [-0.1, -0.05) is 19.1 Å². The third kappa shape index (κ3) is 4.12. The Bertz CT molecular complexity index is 161. The van der Waals surface area contributed by atoms with Crippen molar-refractivity contribution in [3.8, 4) is 0 Å². The quantitative estimate of drug-likeness (QED) is 0.511. The Hall–Kier alpha value is -0.0500. The summed E-state index contributed by atoms with van der Waals surface area (Å²) in [5.74, 6) is 0.613. The largest absolute Gasteiger partial charge is 0.376 e. The van der Waals surface area contributed by atoms with Crippen molar-refractivity contribution in [2.45, 2.75) is 19.4 Å². The lowest BCUT2D eigenvalue weighted by molar-refractivity contribution is -0.0257. The van der Waals surface area contributed by atoms with Crippen molar-refractivity contribution in [1.82, 2.24) is 4.90 Å². The second-order valence-corrected chi connectivity index (χ2v) is 3.59. The number of rotatable bonds is 4. The second kappa shape index (κ2) is 6.41. The summed E-state index contributed by atoms with van der Waals surface area (Å²) in [6, 6.07) is 0. The zero-order chi connectivity index (χ0) is 9.52. The maximum atomic E-state index is 5.57. The van der Waals surface area contributed by atoms with Crippen molar-refractivity contribution in [2.75, 3.05) is 32.1 Å². The minimum atomic E-state index is 0.429. The summed E-state index contributed by atoms with van der Waals surface area (Å²) >= 11 is 5.55. The Morgan fingerprint density at radius 3 is 3.08 bits per heavy atom. The lowest BCUT2D eigenvalue weighted by Crippen LogP contribution is -2.42. The van der Waals surface area contributed by atoms with Crippen LogP contribution in [0.25, 0.3) is 0 Å². The molecule has 1 fully saturated rings. The van der Waals surface area contributed by atoms with E-state index in [9.17, 15) is 0 Å². The summed E-state index contributed by atoms with van der Waals surface area (Å²) in [6.45, 7) is 6.15. The Balaban J connectivity index is 2.21. The number of hydrogen-bond acceptors (Lipinski definition) is 2. The van der Waals surface area contributed by atoms with Crippen LogP contribution in [0.2, 0.25) is 0 Å². The third-order valence-electron chi connectivity index (χ3n) is 2.30. The highest BCUT2D eigenvalue weighted by Crippen LogP contribution is 2.07. The van der Waals surface area contributed by atoms with E-state index >= 15 is 0 Å². The molecular weight excluding hydrogens is 186 g/mol. The number of halogens is 1. The summed E-state index contributed by atoms with van der Waals surface area (Å²) in [7, 11) is 0. The highest BCUT2D eigenvalue weighted by Gasteiger charge is 2.17. The van der Waals surface area contributed by atoms with Gasteiger partial charge in [0.1, 0.15) is 0 Å². The summed E-state index contributed by atoms with van der Waals surface area (Å²) < 4.78 is 5.57. The van der Waals surface area contributed by atoms with E-state index in [1.54, 1.807) is 0 Å². The Morgan fingerprint density at radius 2 is 2.38 bits per heavy atom. The molecule has 1 aliphatic heterocycles. The minimum absolute atomic E-state index is 0.429. The second-order valence-electron chi connectivity index (χ2n) is 3.29. The van der Waals surface area contributed by atoms with E-state index in [2.05, 4.69) is 17.9 Å². The monoisotopic (exact) mass is 203 g/mol. The molecule has 13 heavy (non-hydrogen) atoms. The number of hydrogen-bond donors (Lipinski definition) is 0. The fourth-order valence-electron chi connectivity index (χ4n) is 1.48. The molecule has 0 aromatic heterocycles. The van der Waals surface area contributed by atoms with Gasteiger partial charge in [-0.25, -0.2) is 0 Å². The van der Waals surface area contributed by atoms with Crippen LogP contribution in [0.3, 0.4) is 0 Å². The van der Waals surface area contributed by atoms with Crippen LogP contribution in [-0.2, 0) is 4.74 Å². The molecule has 0 aromatic rings. The fraction of sp³-hybridized carbons (Fsp3) is 0.800. The van der Waals surface area contributed by atoms with Crippen LogP contribution in [0.4, 0.5) is 0 Å². The number of ether oxygens (including phenoxy) is 1. The molecule has 0 radical (unpaired) electrons. The number of allylic oxidation sites excluding steroid dienone is 1. The van der Waals surface area contributed by atoms with Gasteiger partial charge < -0.3 is 4.74 Å². The summed E-state index contributed by atoms with van der Waals surface area (Å²) in [6.07, 6.45) is 5.66. The average molecular weight is 204 g/mol. The molecule has 1 saturated heterocycles. The van der Waals surface area contributed by atoms with Crippen molar-refractivity contribution in [3.63, 3.8) is 0 Å². The predicted molar refractivity (Wildman–Crippen MR) is 56.3 cm³/mol. The molecule has 2 nitrogen and oxygen atoms in total. The standard InChI is InChI=1S/C10H18ClNO/c1-2-10-9-12(7-8-13-10)6-4-3-5-11/h3-4,10H,2,5-9H2,1H3. The minimum Gasteiger partial charge on any atom is -0.376 e. The van der Waals surface area contributed by atoms with Crippen LogP contribution >= 0.6 is 11.6 Å². The molecular formula is C10H18ClNO. The van der Waals surface area contributed by atoms with Gasteiger partial charge in [-0.2, -0.15) is 0 Å². The van der Waals surface area contributed by atoms with E-state index in [1.165, 1.54) is 0 Å². The van der Waals surface area contributed by atoms with Crippen LogP contribution in [0.1, 0.15) is 13.3 Å². The molecule has 0 aliphatic carbocycles. The molecule has 0 amide bonds. The molecule has 1 rings (SSSR count). The van der Waals surface area contributed by atoms with E-state index in [1.807, 2.05) is 6.08 Å². The first-order chi connectivity index (χ1) is 6.36. The van der Waals surface area contributed by atoms with E-state index in [4.69, 9.17) is 16.3 Å². The van der Waals surface area contributed by atoms with E-state index in [-0.39, 0.29) is 0 Å². The predicted octanol–water partition coefficient (Wildman–Crippen LogP) is 1.89. The van der Waals surface area contributed by atoms with Crippen LogP contribution < -0.4 is 0 Å². The van der Waals surface area contributed by atoms with Gasteiger partial charge in [0, 0.05) is 25.5 Å². The lowest BCUT2D eigenvalue weighted by atomic mass is 10.2. The van der Waals surface area contributed by atoms with Crippen molar-refractivity contribution in [3.05, 3.63) is 12.2 Å². The maximum absolute atomic E-state index is 5.57. The van der Waals surface area contributed by atoms with Gasteiger partial charge in [0.25, 0.3) is 0 Å². The first kappa shape index (κ1) is 11.0. The highest BCUT2D eigenvalue weighted by molar-refractivity contribution is 6.18. The van der Waals surface area contributed by atoms with Gasteiger partial charge in [-0.3, -0.25) is 4.90 Å². The van der Waals surface area contributed by atoms with Crippen LogP contribution in [0.15, 0.2) is 12.2 Å². The summed E-state index contributed by atoms with van der Waals surface area (Å²) in [5.41, 5.74) is 0. The third-order valence-corrected chi connectivity index (χ3v) is 2.48. The molecule has 0 bridgehead atoms. The molecule has 1 aliphatic rings. The molecule has 0 N–H and O–H groups in total. The number of alkyl halides is 1. The van der Waals surface area contributed by atoms with E-state index in [0.717, 1.165) is 32.7 Å². The topological polar surface area (TPSA) is 12.5 Å². The Kier molecular flexibility index (Phi) is 5.44. The molecule has 1 atom stereocenters. The first-order valence-corrected chi connectivity index (χ1v) is 5.45. The van der Waals surface area contributed by atoms with Crippen molar-refractivity contribution >= 4 is 11.6 Å². The van der Waals surface area contributed by atoms with E-state index in [0.29, 0.717) is 12.0 Å². The Labute approximate surface area is 85.5 Å². The lowest BCUT2D eigenvalue weighted by Gasteiger charge is -2.31. The van der Waals surface area contributed by atoms with Gasteiger partial charge in [-0.05, 0) is 6.42 Å². The molecule has 1 heterocycles. The van der Waals surface area contributed by atoms with E-state index < -0.39 is 0 Å². The molecule has 3 heteroatoms. The summed E-state index contributed by atoms with van der Waals surface area (Å²) in [5, 5.41) is 0. The van der Waals surface area contributed by atoms with Gasteiger partial charge >= 0.3 is 0 Å². The molecule has 0 aromatic carbocycles. The number of nitrogens with zero attached hydrogens (tertiary/aromatic N) is 1. The zero-order valence-electron chi connectivity index (χ0n) is 8.21. The van der Waals surface area contributed by atoms with Gasteiger partial charge in [0.2, 0.25) is 0 Å². The Morgan fingerprint density at radius 1 is 1.54 bits per heavy atom. The first-order valence-electron chi connectivity index (χ1n) is 4.91. The molecule has 1 unspecified atom stereocenters. The highest BCUT2D eigenvalue weighted by atomic mass is 35.5. The van der Waals surface area contributed by atoms with Gasteiger partial charge in [0.15, 0.2) is 0 Å². The SMILES string of the molecule is CCC1CN(CC=CCCl)CCO1.